The molecule has 2 N–H and O–H groups in total. The van der Waals surface area contributed by atoms with E-state index < -0.39 is 15.4 Å². The van der Waals surface area contributed by atoms with Crippen molar-refractivity contribution in [2.45, 2.75) is 37.4 Å². The molecule has 0 aromatic carbocycles. The summed E-state index contributed by atoms with van der Waals surface area (Å²) >= 11 is 1.47. The molecule has 0 aliphatic carbocycles. The molecule has 0 amide bonds. The van der Waals surface area contributed by atoms with E-state index in [9.17, 15) is 8.42 Å². The average Bonchev–Trinajstić information content (AvgIpc) is 2.69. The molecule has 1 aromatic rings. The zero-order chi connectivity index (χ0) is 15.5. The van der Waals surface area contributed by atoms with Crippen LogP contribution in [-0.4, -0.2) is 48.2 Å². The largest absolute Gasteiger partial charge is 0.370 e. The number of anilines is 2. The van der Waals surface area contributed by atoms with Gasteiger partial charge in [0.1, 0.15) is 11.6 Å². The predicted molar refractivity (Wildman–Crippen MR) is 87.9 cm³/mol. The lowest BCUT2D eigenvalue weighted by Crippen LogP contribution is -2.36. The van der Waals surface area contributed by atoms with E-state index in [2.05, 4.69) is 27.5 Å². The maximum atomic E-state index is 11.7. The molecule has 2 heterocycles. The molecule has 2 rings (SSSR count). The quantitative estimate of drug-likeness (QED) is 0.609. The van der Waals surface area contributed by atoms with Crippen LogP contribution in [0.15, 0.2) is 11.2 Å². The van der Waals surface area contributed by atoms with Crippen molar-refractivity contribution in [3.05, 3.63) is 6.07 Å². The van der Waals surface area contributed by atoms with Gasteiger partial charge < -0.3 is 10.6 Å². The van der Waals surface area contributed by atoms with Gasteiger partial charge in [0, 0.05) is 12.6 Å². The summed E-state index contributed by atoms with van der Waals surface area (Å²) in [5, 5.41) is 7.19. The summed E-state index contributed by atoms with van der Waals surface area (Å²) in [6.45, 7) is 4.86. The fourth-order valence-corrected chi connectivity index (χ4v) is 4.81. The summed E-state index contributed by atoms with van der Waals surface area (Å²) in [7, 11) is -2.94. The van der Waals surface area contributed by atoms with Gasteiger partial charge in [-0.05, 0) is 26.0 Å². The van der Waals surface area contributed by atoms with Crippen LogP contribution in [0.1, 0.15) is 26.7 Å². The van der Waals surface area contributed by atoms with Crippen molar-refractivity contribution in [2.24, 2.45) is 0 Å². The van der Waals surface area contributed by atoms with Crippen LogP contribution in [0.5, 0.6) is 0 Å². The van der Waals surface area contributed by atoms with Crippen LogP contribution in [0.4, 0.5) is 11.6 Å². The molecule has 1 fully saturated rings. The first-order valence-electron chi connectivity index (χ1n) is 7.01. The van der Waals surface area contributed by atoms with Gasteiger partial charge in [0.2, 0.25) is 0 Å². The van der Waals surface area contributed by atoms with Crippen molar-refractivity contribution in [3.63, 3.8) is 0 Å². The highest BCUT2D eigenvalue weighted by Gasteiger charge is 2.38. The third-order valence-corrected chi connectivity index (χ3v) is 5.83. The number of hydrogen-bond donors (Lipinski definition) is 2. The second kappa shape index (κ2) is 6.39. The third-order valence-electron chi connectivity index (χ3n) is 3.38. The molecule has 0 radical (unpaired) electrons. The fourth-order valence-electron chi connectivity index (χ4n) is 2.34. The number of nitrogens with zero attached hydrogens (tertiary/aromatic N) is 2. The van der Waals surface area contributed by atoms with Gasteiger partial charge in [-0.2, -0.15) is 0 Å². The Morgan fingerprint density at radius 2 is 2.10 bits per heavy atom. The summed E-state index contributed by atoms with van der Waals surface area (Å²) in [5.74, 6) is 1.82. The van der Waals surface area contributed by atoms with Gasteiger partial charge in [0.15, 0.2) is 15.0 Å². The van der Waals surface area contributed by atoms with Gasteiger partial charge in [-0.3, -0.25) is 0 Å². The summed E-state index contributed by atoms with van der Waals surface area (Å²) in [6, 6.07) is 1.84. The first-order chi connectivity index (χ1) is 9.86. The Labute approximate surface area is 130 Å². The van der Waals surface area contributed by atoms with E-state index in [1.807, 2.05) is 19.2 Å². The summed E-state index contributed by atoms with van der Waals surface area (Å²) < 4.78 is 23.4. The van der Waals surface area contributed by atoms with Crippen molar-refractivity contribution in [2.75, 3.05) is 34.9 Å². The van der Waals surface area contributed by atoms with Gasteiger partial charge in [0.25, 0.3) is 0 Å². The maximum absolute atomic E-state index is 11.7. The van der Waals surface area contributed by atoms with Crippen LogP contribution in [-0.2, 0) is 9.84 Å². The van der Waals surface area contributed by atoms with E-state index in [0.29, 0.717) is 17.4 Å². The molecule has 1 aromatic heterocycles. The fraction of sp³-hybridized carbons (Fsp3) is 0.692. The summed E-state index contributed by atoms with van der Waals surface area (Å²) in [5.41, 5.74) is -0.453. The van der Waals surface area contributed by atoms with Crippen molar-refractivity contribution in [3.8, 4) is 0 Å². The van der Waals surface area contributed by atoms with E-state index in [1.165, 1.54) is 11.8 Å². The summed E-state index contributed by atoms with van der Waals surface area (Å²) in [6.07, 6.45) is 3.54. The van der Waals surface area contributed by atoms with Crippen molar-refractivity contribution in [1.82, 2.24) is 9.97 Å². The van der Waals surface area contributed by atoms with E-state index >= 15 is 0 Å². The van der Waals surface area contributed by atoms with E-state index in [-0.39, 0.29) is 11.5 Å². The lowest BCUT2D eigenvalue weighted by molar-refractivity contribution is 0.571. The molecular weight excluding hydrogens is 308 g/mol. The van der Waals surface area contributed by atoms with Crippen molar-refractivity contribution < 1.29 is 8.42 Å². The lowest BCUT2D eigenvalue weighted by atomic mass is 10.0. The molecule has 118 valence electrons. The molecule has 0 bridgehead atoms. The Hall–Kier alpha value is -1.02. The highest BCUT2D eigenvalue weighted by molar-refractivity contribution is 7.98. The summed E-state index contributed by atoms with van der Waals surface area (Å²) in [4.78, 5) is 8.82. The Balaban J connectivity index is 2.19. The average molecular weight is 330 g/mol. The van der Waals surface area contributed by atoms with Gasteiger partial charge in [-0.15, -0.1) is 0 Å². The smallest absolute Gasteiger partial charge is 0.191 e. The predicted octanol–water partition coefficient (Wildman–Crippen LogP) is 2.01. The van der Waals surface area contributed by atoms with Crippen LogP contribution in [0.25, 0.3) is 0 Å². The number of sulfone groups is 1. The Morgan fingerprint density at radius 3 is 2.67 bits per heavy atom. The van der Waals surface area contributed by atoms with Gasteiger partial charge in [0.05, 0.1) is 17.0 Å². The van der Waals surface area contributed by atoms with E-state index in [4.69, 9.17) is 0 Å². The minimum Gasteiger partial charge on any atom is -0.370 e. The minimum atomic E-state index is -2.94. The number of aromatic nitrogens is 2. The first-order valence-corrected chi connectivity index (χ1v) is 10.1. The molecular formula is C13H22N4O2S2. The van der Waals surface area contributed by atoms with Crippen molar-refractivity contribution in [1.29, 1.82) is 0 Å². The molecule has 8 heteroatoms. The SMILES string of the molecule is CCCNc1cc(NC2(C)CCS(=O)(=O)C2)nc(SC)n1. The molecule has 0 spiro atoms. The number of rotatable bonds is 6. The number of hydrogen-bond acceptors (Lipinski definition) is 7. The molecule has 1 aliphatic heterocycles. The van der Waals surface area contributed by atoms with Crippen LogP contribution < -0.4 is 10.6 Å². The van der Waals surface area contributed by atoms with E-state index in [0.717, 1.165) is 18.8 Å². The Kier molecular flexibility index (Phi) is 4.98. The minimum absolute atomic E-state index is 0.149. The first kappa shape index (κ1) is 16.4. The topological polar surface area (TPSA) is 84.0 Å². The maximum Gasteiger partial charge on any atom is 0.191 e. The normalized spacial score (nSPS) is 24.0. The highest BCUT2D eigenvalue weighted by atomic mass is 32.2. The number of thioether (sulfide) groups is 1. The molecule has 21 heavy (non-hydrogen) atoms. The standard InChI is InChI=1S/C13H22N4O2S2/c1-4-6-14-10-8-11(16-12(15-10)20-3)17-13(2)5-7-21(18,19)9-13/h8H,4-7,9H2,1-3H3,(H2,14,15,16,17). The van der Waals surface area contributed by atoms with E-state index in [1.54, 1.807) is 0 Å². The monoisotopic (exact) mass is 330 g/mol. The third kappa shape index (κ3) is 4.47. The van der Waals surface area contributed by atoms with Crippen LogP contribution in [0.3, 0.4) is 0 Å². The Bertz CT molecular complexity index is 606. The molecule has 0 saturated carbocycles. The molecule has 1 aliphatic rings. The molecule has 1 atom stereocenters. The second-order valence-corrected chi connectivity index (χ2v) is 8.54. The van der Waals surface area contributed by atoms with Gasteiger partial charge in [-0.25, -0.2) is 18.4 Å². The lowest BCUT2D eigenvalue weighted by Gasteiger charge is -2.25. The van der Waals surface area contributed by atoms with Crippen molar-refractivity contribution >= 4 is 33.2 Å². The molecule has 1 unspecified atom stereocenters. The molecule has 6 nitrogen and oxygen atoms in total. The highest BCUT2D eigenvalue weighted by Crippen LogP contribution is 2.28. The second-order valence-electron chi connectivity index (χ2n) is 5.58. The zero-order valence-electron chi connectivity index (χ0n) is 12.6. The van der Waals surface area contributed by atoms with Crippen LogP contribution in [0.2, 0.25) is 0 Å². The Morgan fingerprint density at radius 1 is 1.38 bits per heavy atom. The van der Waals surface area contributed by atoms with Gasteiger partial charge in [-0.1, -0.05) is 18.7 Å². The van der Waals surface area contributed by atoms with Gasteiger partial charge >= 0.3 is 0 Å². The van der Waals surface area contributed by atoms with Crippen LogP contribution >= 0.6 is 11.8 Å². The molecule has 1 saturated heterocycles. The number of nitrogens with one attached hydrogen (secondary N) is 2. The zero-order valence-corrected chi connectivity index (χ0v) is 14.3. The van der Waals surface area contributed by atoms with Crippen LogP contribution in [0, 0.1) is 0 Å².